The molecule has 1 aromatic carbocycles. The van der Waals surface area contributed by atoms with Crippen molar-refractivity contribution in [1.29, 1.82) is 0 Å². The monoisotopic (exact) mass is 206 g/mol. The van der Waals surface area contributed by atoms with Gasteiger partial charge < -0.3 is 11.1 Å². The molecule has 0 radical (unpaired) electrons. The third-order valence-corrected chi connectivity index (χ3v) is 2.09. The Morgan fingerprint density at radius 2 is 1.80 bits per heavy atom. The van der Waals surface area contributed by atoms with Crippen LogP contribution in [0.4, 0.5) is 0 Å². The maximum Gasteiger partial charge on any atom is 0.251 e. The molecule has 0 saturated carbocycles. The number of primary amides is 1. The highest BCUT2D eigenvalue weighted by molar-refractivity contribution is 5.97. The molecule has 1 rings (SSSR count). The molecule has 1 aromatic rings. The number of aryl methyl sites for hydroxylation is 1. The van der Waals surface area contributed by atoms with Gasteiger partial charge in [0.1, 0.15) is 6.04 Å². The Bertz CT molecular complexity index is 371. The molecule has 0 bridgehead atoms. The molecule has 0 saturated heterocycles. The fraction of sp³-hybridized carbons (Fsp3) is 0.273. The van der Waals surface area contributed by atoms with Crippen LogP contribution in [0.15, 0.2) is 24.3 Å². The lowest BCUT2D eigenvalue weighted by Crippen LogP contribution is -2.42. The fourth-order valence-corrected chi connectivity index (χ4v) is 1.06. The quantitative estimate of drug-likeness (QED) is 0.760. The van der Waals surface area contributed by atoms with Crippen molar-refractivity contribution < 1.29 is 9.59 Å². The number of benzene rings is 1. The summed E-state index contributed by atoms with van der Waals surface area (Å²) in [4.78, 5) is 22.3. The van der Waals surface area contributed by atoms with E-state index < -0.39 is 11.9 Å². The second-order valence-corrected chi connectivity index (χ2v) is 3.46. The molecule has 0 fully saturated rings. The summed E-state index contributed by atoms with van der Waals surface area (Å²) in [5.74, 6) is -0.836. The topological polar surface area (TPSA) is 72.2 Å². The molecule has 1 atom stereocenters. The van der Waals surface area contributed by atoms with E-state index in [4.69, 9.17) is 5.73 Å². The molecule has 2 amide bonds. The second-order valence-electron chi connectivity index (χ2n) is 3.46. The van der Waals surface area contributed by atoms with Gasteiger partial charge >= 0.3 is 0 Å². The Hall–Kier alpha value is -1.84. The third kappa shape index (κ3) is 3.09. The van der Waals surface area contributed by atoms with Crippen LogP contribution in [0.3, 0.4) is 0 Å². The normalized spacial score (nSPS) is 11.9. The van der Waals surface area contributed by atoms with Crippen LogP contribution in [0.1, 0.15) is 22.8 Å². The molecule has 0 heterocycles. The molecule has 15 heavy (non-hydrogen) atoms. The summed E-state index contributed by atoms with van der Waals surface area (Å²) in [6.07, 6.45) is 0. The zero-order chi connectivity index (χ0) is 11.4. The van der Waals surface area contributed by atoms with Crippen LogP contribution in [0, 0.1) is 6.92 Å². The van der Waals surface area contributed by atoms with Crippen LogP contribution in [0.2, 0.25) is 0 Å². The predicted octanol–water partition coefficient (Wildman–Crippen LogP) is 0.599. The Morgan fingerprint density at radius 3 is 2.27 bits per heavy atom. The minimum absolute atomic E-state index is 0.290. The van der Waals surface area contributed by atoms with Crippen LogP contribution in [0.25, 0.3) is 0 Å². The number of hydrogen-bond donors (Lipinski definition) is 2. The Balaban J connectivity index is 2.69. The van der Waals surface area contributed by atoms with E-state index in [1.54, 1.807) is 19.1 Å². The molecule has 4 heteroatoms. The zero-order valence-electron chi connectivity index (χ0n) is 8.78. The van der Waals surface area contributed by atoms with Crippen LogP contribution >= 0.6 is 0 Å². The molecule has 0 aliphatic heterocycles. The van der Waals surface area contributed by atoms with Gasteiger partial charge in [0.2, 0.25) is 5.91 Å². The van der Waals surface area contributed by atoms with Crippen molar-refractivity contribution >= 4 is 11.8 Å². The van der Waals surface area contributed by atoms with Crippen molar-refractivity contribution in [2.75, 3.05) is 0 Å². The standard InChI is InChI=1S/C11H14N2O2/c1-7-3-5-9(6-4-7)11(15)13-8(2)10(12)14/h3-6,8H,1-2H3,(H2,12,14)(H,13,15). The first-order valence-electron chi connectivity index (χ1n) is 4.67. The average Bonchev–Trinajstić information content (AvgIpc) is 2.18. The van der Waals surface area contributed by atoms with Gasteiger partial charge in [-0.2, -0.15) is 0 Å². The average molecular weight is 206 g/mol. The summed E-state index contributed by atoms with van der Waals surface area (Å²) in [5.41, 5.74) is 6.63. The Labute approximate surface area is 88.5 Å². The van der Waals surface area contributed by atoms with Crippen molar-refractivity contribution in [3.8, 4) is 0 Å². The lowest BCUT2D eigenvalue weighted by atomic mass is 10.1. The minimum atomic E-state index is -0.654. The summed E-state index contributed by atoms with van der Waals surface area (Å²) in [6, 6.07) is 6.43. The van der Waals surface area contributed by atoms with E-state index >= 15 is 0 Å². The number of rotatable bonds is 3. The van der Waals surface area contributed by atoms with Crippen molar-refractivity contribution in [3.63, 3.8) is 0 Å². The second kappa shape index (κ2) is 4.59. The highest BCUT2D eigenvalue weighted by Crippen LogP contribution is 2.03. The third-order valence-electron chi connectivity index (χ3n) is 2.09. The number of carbonyl (C=O) groups is 2. The lowest BCUT2D eigenvalue weighted by molar-refractivity contribution is -0.119. The van der Waals surface area contributed by atoms with Gasteiger partial charge in [0, 0.05) is 5.56 Å². The summed E-state index contributed by atoms with van der Waals surface area (Å²) >= 11 is 0. The van der Waals surface area contributed by atoms with Crippen LogP contribution in [-0.4, -0.2) is 17.9 Å². The summed E-state index contributed by atoms with van der Waals surface area (Å²) < 4.78 is 0. The first-order valence-corrected chi connectivity index (χ1v) is 4.67. The van der Waals surface area contributed by atoms with Crippen LogP contribution in [-0.2, 0) is 4.79 Å². The number of carbonyl (C=O) groups excluding carboxylic acids is 2. The lowest BCUT2D eigenvalue weighted by Gasteiger charge is -2.09. The molecule has 1 unspecified atom stereocenters. The van der Waals surface area contributed by atoms with Crippen molar-refractivity contribution in [2.24, 2.45) is 5.73 Å². The first-order chi connectivity index (χ1) is 7.00. The molecule has 4 nitrogen and oxygen atoms in total. The van der Waals surface area contributed by atoms with Crippen LogP contribution < -0.4 is 11.1 Å². The minimum Gasteiger partial charge on any atom is -0.368 e. The highest BCUT2D eigenvalue weighted by atomic mass is 16.2. The van der Waals surface area contributed by atoms with Gasteiger partial charge in [-0.25, -0.2) is 0 Å². The van der Waals surface area contributed by atoms with Gasteiger partial charge in [0.05, 0.1) is 0 Å². The number of nitrogens with one attached hydrogen (secondary N) is 1. The van der Waals surface area contributed by atoms with E-state index in [0.717, 1.165) is 5.56 Å². The van der Waals surface area contributed by atoms with Crippen molar-refractivity contribution in [1.82, 2.24) is 5.32 Å². The molecule has 0 aliphatic carbocycles. The van der Waals surface area contributed by atoms with Crippen molar-refractivity contribution in [2.45, 2.75) is 19.9 Å². The van der Waals surface area contributed by atoms with Gasteiger partial charge in [-0.05, 0) is 26.0 Å². The predicted molar refractivity (Wildman–Crippen MR) is 57.3 cm³/mol. The highest BCUT2D eigenvalue weighted by Gasteiger charge is 2.12. The largest absolute Gasteiger partial charge is 0.368 e. The summed E-state index contributed by atoms with van der Waals surface area (Å²) in [6.45, 7) is 3.49. The Morgan fingerprint density at radius 1 is 1.27 bits per heavy atom. The van der Waals surface area contributed by atoms with Gasteiger partial charge in [-0.3, -0.25) is 9.59 Å². The molecular weight excluding hydrogens is 192 g/mol. The zero-order valence-corrected chi connectivity index (χ0v) is 8.78. The number of amides is 2. The summed E-state index contributed by atoms with van der Waals surface area (Å²) in [7, 11) is 0. The van der Waals surface area contributed by atoms with E-state index in [2.05, 4.69) is 5.32 Å². The molecular formula is C11H14N2O2. The Kier molecular flexibility index (Phi) is 3.44. The number of nitrogens with two attached hydrogens (primary N) is 1. The van der Waals surface area contributed by atoms with E-state index in [-0.39, 0.29) is 5.91 Å². The molecule has 0 aromatic heterocycles. The maximum absolute atomic E-state index is 11.6. The van der Waals surface area contributed by atoms with E-state index in [0.29, 0.717) is 5.56 Å². The number of hydrogen-bond acceptors (Lipinski definition) is 2. The van der Waals surface area contributed by atoms with Gasteiger partial charge in [-0.15, -0.1) is 0 Å². The van der Waals surface area contributed by atoms with Gasteiger partial charge in [-0.1, -0.05) is 17.7 Å². The van der Waals surface area contributed by atoms with E-state index in [1.165, 1.54) is 0 Å². The van der Waals surface area contributed by atoms with Crippen molar-refractivity contribution in [3.05, 3.63) is 35.4 Å². The smallest absolute Gasteiger partial charge is 0.251 e. The molecule has 0 aliphatic rings. The molecule has 3 N–H and O–H groups in total. The molecule has 80 valence electrons. The van der Waals surface area contributed by atoms with Gasteiger partial charge in [0.15, 0.2) is 0 Å². The van der Waals surface area contributed by atoms with Crippen LogP contribution in [0.5, 0.6) is 0 Å². The molecule has 0 spiro atoms. The maximum atomic E-state index is 11.6. The first kappa shape index (κ1) is 11.2. The fourth-order valence-electron chi connectivity index (χ4n) is 1.06. The SMILES string of the molecule is Cc1ccc(C(=O)NC(C)C(N)=O)cc1. The van der Waals surface area contributed by atoms with E-state index in [9.17, 15) is 9.59 Å². The summed E-state index contributed by atoms with van der Waals surface area (Å²) in [5, 5.41) is 2.50. The van der Waals surface area contributed by atoms with Gasteiger partial charge in [0.25, 0.3) is 5.91 Å². The van der Waals surface area contributed by atoms with E-state index in [1.807, 2.05) is 19.1 Å².